The maximum atomic E-state index is 12.3. The fourth-order valence-electron chi connectivity index (χ4n) is 2.44. The molecule has 6 nitrogen and oxygen atoms in total. The van der Waals surface area contributed by atoms with Gasteiger partial charge in [0.25, 0.3) is 11.8 Å². The van der Waals surface area contributed by atoms with Gasteiger partial charge in [-0.15, -0.1) is 0 Å². The van der Waals surface area contributed by atoms with Gasteiger partial charge in [0.1, 0.15) is 5.75 Å². The van der Waals surface area contributed by atoms with Crippen LogP contribution in [0.4, 0.5) is 0 Å². The van der Waals surface area contributed by atoms with Crippen molar-refractivity contribution in [3.63, 3.8) is 0 Å². The zero-order valence-electron chi connectivity index (χ0n) is 12.4. The molecule has 1 aromatic heterocycles. The van der Waals surface area contributed by atoms with Gasteiger partial charge >= 0.3 is 0 Å². The number of nitrogens with one attached hydrogen (secondary N) is 2. The molecule has 0 saturated heterocycles. The smallest absolute Gasteiger partial charge is 0.273 e. The first-order valence-electron chi connectivity index (χ1n) is 7.00. The monoisotopic (exact) mass is 309 g/mol. The summed E-state index contributed by atoms with van der Waals surface area (Å²) >= 11 is 0. The van der Waals surface area contributed by atoms with Gasteiger partial charge in [-0.05, 0) is 18.2 Å². The first kappa shape index (κ1) is 14.6. The molecule has 23 heavy (non-hydrogen) atoms. The molecular weight excluding hydrogens is 294 g/mol. The lowest BCUT2D eigenvalue weighted by molar-refractivity contribution is 0.0846. The van der Waals surface area contributed by atoms with Crippen molar-refractivity contribution in [3.8, 4) is 5.75 Å². The number of fused-ring (bicyclic) bond motifs is 1. The average molecular weight is 309 g/mol. The Bertz CT molecular complexity index is 899. The number of nitrogens with zero attached hydrogens (tertiary/aromatic N) is 1. The molecule has 0 unspecified atom stereocenters. The molecule has 6 heteroatoms. The van der Waals surface area contributed by atoms with Crippen molar-refractivity contribution in [2.24, 2.45) is 7.05 Å². The van der Waals surface area contributed by atoms with E-state index in [1.807, 2.05) is 35.9 Å². The molecule has 0 radical (unpaired) electrons. The number of hydrogen-bond acceptors (Lipinski definition) is 3. The number of aryl methyl sites for hydroxylation is 1. The lowest BCUT2D eigenvalue weighted by atomic mass is 10.1. The van der Waals surface area contributed by atoms with Crippen molar-refractivity contribution in [2.45, 2.75) is 0 Å². The van der Waals surface area contributed by atoms with E-state index in [1.54, 1.807) is 18.3 Å². The minimum Gasteiger partial charge on any atom is -0.507 e. The highest BCUT2D eigenvalue weighted by Crippen LogP contribution is 2.20. The van der Waals surface area contributed by atoms with Gasteiger partial charge < -0.3 is 9.67 Å². The van der Waals surface area contributed by atoms with Gasteiger partial charge in [-0.2, -0.15) is 0 Å². The lowest BCUT2D eigenvalue weighted by Gasteiger charge is -2.07. The van der Waals surface area contributed by atoms with Gasteiger partial charge in [-0.3, -0.25) is 20.4 Å². The van der Waals surface area contributed by atoms with Gasteiger partial charge in [0.15, 0.2) is 0 Å². The number of aromatic nitrogens is 1. The first-order valence-corrected chi connectivity index (χ1v) is 7.00. The molecule has 0 bridgehead atoms. The number of carbonyl (C=O) groups is 2. The van der Waals surface area contributed by atoms with E-state index in [9.17, 15) is 14.7 Å². The summed E-state index contributed by atoms with van der Waals surface area (Å²) in [6.07, 6.45) is 1.70. The van der Waals surface area contributed by atoms with Crippen LogP contribution in [0.3, 0.4) is 0 Å². The largest absolute Gasteiger partial charge is 0.507 e. The molecule has 116 valence electrons. The van der Waals surface area contributed by atoms with Gasteiger partial charge in [-0.1, -0.05) is 30.3 Å². The molecular formula is C17H15N3O3. The molecule has 0 fully saturated rings. The van der Waals surface area contributed by atoms with E-state index in [0.29, 0.717) is 5.56 Å². The first-order chi connectivity index (χ1) is 11.1. The number of phenolic OH excluding ortho intramolecular Hbond substituents is 1. The van der Waals surface area contributed by atoms with Gasteiger partial charge in [-0.25, -0.2) is 0 Å². The van der Waals surface area contributed by atoms with Crippen molar-refractivity contribution in [3.05, 3.63) is 65.9 Å². The van der Waals surface area contributed by atoms with E-state index < -0.39 is 11.8 Å². The molecule has 0 aliphatic heterocycles. The fourth-order valence-corrected chi connectivity index (χ4v) is 2.44. The summed E-state index contributed by atoms with van der Waals surface area (Å²) in [7, 11) is 1.85. The van der Waals surface area contributed by atoms with E-state index in [0.717, 1.165) is 10.9 Å². The fraction of sp³-hybridized carbons (Fsp3) is 0.0588. The van der Waals surface area contributed by atoms with Crippen LogP contribution < -0.4 is 10.9 Å². The zero-order chi connectivity index (χ0) is 16.4. The van der Waals surface area contributed by atoms with Crippen LogP contribution in [0.1, 0.15) is 20.7 Å². The summed E-state index contributed by atoms with van der Waals surface area (Å²) in [5.74, 6) is -1.16. The molecule has 1 heterocycles. The quantitative estimate of drug-likeness (QED) is 0.633. The number of para-hydroxylation sites is 2. The molecule has 3 aromatic rings. The minimum absolute atomic E-state index is 0.0886. The Morgan fingerprint density at radius 2 is 1.52 bits per heavy atom. The van der Waals surface area contributed by atoms with Gasteiger partial charge in [0.05, 0.1) is 11.1 Å². The van der Waals surface area contributed by atoms with Crippen LogP contribution in [0.15, 0.2) is 54.7 Å². The molecule has 0 aliphatic rings. The topological polar surface area (TPSA) is 83.4 Å². The predicted molar refractivity (Wildman–Crippen MR) is 86.0 cm³/mol. The number of phenols is 1. The molecule has 0 spiro atoms. The third-order valence-corrected chi connectivity index (χ3v) is 3.58. The summed E-state index contributed by atoms with van der Waals surface area (Å²) < 4.78 is 1.84. The van der Waals surface area contributed by atoms with E-state index >= 15 is 0 Å². The maximum absolute atomic E-state index is 12.3. The zero-order valence-corrected chi connectivity index (χ0v) is 12.4. The van der Waals surface area contributed by atoms with Crippen LogP contribution in [0.2, 0.25) is 0 Å². The average Bonchev–Trinajstić information content (AvgIpc) is 2.90. The van der Waals surface area contributed by atoms with E-state index in [2.05, 4.69) is 10.9 Å². The third kappa shape index (κ3) is 2.74. The highest BCUT2D eigenvalue weighted by atomic mass is 16.3. The summed E-state index contributed by atoms with van der Waals surface area (Å²) in [6, 6.07) is 13.6. The molecule has 2 amide bonds. The maximum Gasteiger partial charge on any atom is 0.273 e. The van der Waals surface area contributed by atoms with Crippen LogP contribution in [0.5, 0.6) is 5.75 Å². The summed E-state index contributed by atoms with van der Waals surface area (Å²) in [6.45, 7) is 0. The second-order valence-corrected chi connectivity index (χ2v) is 5.10. The van der Waals surface area contributed by atoms with E-state index in [4.69, 9.17) is 0 Å². The molecule has 3 N–H and O–H groups in total. The Labute approximate surface area is 132 Å². The number of hydrogen-bond donors (Lipinski definition) is 3. The van der Waals surface area contributed by atoms with Crippen molar-refractivity contribution < 1.29 is 14.7 Å². The minimum atomic E-state index is -0.586. The standard InChI is InChI=1S/C17H15N3O3/c1-20-10-13(11-6-2-4-8-14(11)20)17(23)19-18-16(22)12-7-3-5-9-15(12)21/h2-10,21H,1H3,(H,18,22)(H,19,23). The van der Waals surface area contributed by atoms with E-state index in [-0.39, 0.29) is 11.3 Å². The Balaban J connectivity index is 1.77. The Morgan fingerprint density at radius 3 is 2.26 bits per heavy atom. The SMILES string of the molecule is Cn1cc(C(=O)NNC(=O)c2ccccc2O)c2ccccc21. The second-order valence-electron chi connectivity index (χ2n) is 5.10. The second kappa shape index (κ2) is 5.84. The summed E-state index contributed by atoms with van der Waals surface area (Å²) in [5.41, 5.74) is 6.14. The molecule has 3 rings (SSSR count). The highest BCUT2D eigenvalue weighted by Gasteiger charge is 2.15. The van der Waals surface area contributed by atoms with Crippen LogP contribution in [-0.2, 0) is 7.05 Å². The van der Waals surface area contributed by atoms with Crippen LogP contribution >= 0.6 is 0 Å². The Hall–Kier alpha value is -3.28. The Morgan fingerprint density at radius 1 is 0.913 bits per heavy atom. The van der Waals surface area contributed by atoms with Gasteiger partial charge in [0.2, 0.25) is 0 Å². The molecule has 2 aromatic carbocycles. The number of amides is 2. The normalized spacial score (nSPS) is 10.5. The van der Waals surface area contributed by atoms with Crippen molar-refractivity contribution in [2.75, 3.05) is 0 Å². The number of rotatable bonds is 2. The predicted octanol–water partition coefficient (Wildman–Crippen LogP) is 1.96. The van der Waals surface area contributed by atoms with Crippen LogP contribution in [0, 0.1) is 0 Å². The highest BCUT2D eigenvalue weighted by molar-refractivity contribution is 6.08. The lowest BCUT2D eigenvalue weighted by Crippen LogP contribution is -2.41. The number of benzene rings is 2. The molecule has 0 saturated carbocycles. The summed E-state index contributed by atoms with van der Waals surface area (Å²) in [5, 5.41) is 10.4. The van der Waals surface area contributed by atoms with Crippen LogP contribution in [0.25, 0.3) is 10.9 Å². The number of aromatic hydroxyl groups is 1. The Kier molecular flexibility index (Phi) is 3.72. The third-order valence-electron chi connectivity index (χ3n) is 3.58. The molecule has 0 aliphatic carbocycles. The van der Waals surface area contributed by atoms with E-state index in [1.165, 1.54) is 12.1 Å². The molecule has 0 atom stereocenters. The van der Waals surface area contributed by atoms with Gasteiger partial charge in [0, 0.05) is 24.1 Å². The number of carbonyl (C=O) groups excluding carboxylic acids is 2. The van der Waals surface area contributed by atoms with Crippen molar-refractivity contribution in [1.29, 1.82) is 0 Å². The van der Waals surface area contributed by atoms with Crippen LogP contribution in [-0.4, -0.2) is 21.5 Å². The number of hydrazine groups is 1. The van der Waals surface area contributed by atoms with Crippen molar-refractivity contribution in [1.82, 2.24) is 15.4 Å². The van der Waals surface area contributed by atoms with Crippen molar-refractivity contribution >= 4 is 22.7 Å². The summed E-state index contributed by atoms with van der Waals surface area (Å²) in [4.78, 5) is 24.3.